The van der Waals surface area contributed by atoms with Crippen molar-refractivity contribution in [2.45, 2.75) is 11.8 Å². The molecule has 0 aromatic heterocycles. The molecule has 3 nitrogen and oxygen atoms in total. The molecule has 0 aliphatic rings. The zero-order valence-electron chi connectivity index (χ0n) is 17.9. The molecule has 0 unspecified atom stereocenters. The van der Waals surface area contributed by atoms with Crippen molar-refractivity contribution >= 4 is 33.3 Å². The molecule has 0 N–H and O–H groups in total. The van der Waals surface area contributed by atoms with Crippen molar-refractivity contribution in [1.82, 2.24) is 0 Å². The summed E-state index contributed by atoms with van der Waals surface area (Å²) in [5, 5.41) is 0.526. The Labute approximate surface area is 198 Å². The van der Waals surface area contributed by atoms with Crippen LogP contribution in [0.5, 0.6) is 0 Å². The van der Waals surface area contributed by atoms with E-state index in [2.05, 4.69) is 0 Å². The first-order chi connectivity index (χ1) is 15.8. The molecule has 0 radical (unpaired) electrons. The van der Waals surface area contributed by atoms with Crippen molar-refractivity contribution in [3.8, 4) is 11.1 Å². The maximum Gasteiger partial charge on any atom is 0.210 e. The number of aryl methyl sites for hydroxylation is 1. The molecule has 4 rings (SSSR count). The Morgan fingerprint density at radius 3 is 1.91 bits per heavy atom. The van der Waals surface area contributed by atoms with Crippen LogP contribution < -0.4 is 0 Å². The van der Waals surface area contributed by atoms with Crippen LogP contribution in [0.25, 0.3) is 17.2 Å². The molecule has 0 aliphatic heterocycles. The highest BCUT2D eigenvalue weighted by Gasteiger charge is 2.28. The van der Waals surface area contributed by atoms with Gasteiger partial charge in [0.05, 0.1) is 4.90 Å². The van der Waals surface area contributed by atoms with E-state index in [9.17, 15) is 13.2 Å². The average molecular weight is 473 g/mol. The van der Waals surface area contributed by atoms with Crippen molar-refractivity contribution in [2.24, 2.45) is 0 Å². The van der Waals surface area contributed by atoms with Crippen LogP contribution in [0.15, 0.2) is 113 Å². The zero-order valence-corrected chi connectivity index (χ0v) is 19.5. The van der Waals surface area contributed by atoms with Gasteiger partial charge in [-0.2, -0.15) is 0 Å². The minimum Gasteiger partial charge on any atom is -0.288 e. The molecule has 164 valence electrons. The Bertz CT molecular complexity index is 1400. The second kappa shape index (κ2) is 9.57. The van der Waals surface area contributed by atoms with Crippen LogP contribution in [0.1, 0.15) is 21.5 Å². The monoisotopic (exact) mass is 472 g/mol. The smallest absolute Gasteiger partial charge is 0.210 e. The van der Waals surface area contributed by atoms with Crippen LogP contribution in [0.3, 0.4) is 0 Å². The van der Waals surface area contributed by atoms with E-state index in [1.807, 2.05) is 49.4 Å². The Morgan fingerprint density at radius 2 is 1.30 bits per heavy atom. The number of Topliss-reactive ketones (excluding diaryl/α,β-unsaturated/α-hetero) is 1. The number of allylic oxidation sites excluding steroid dienone is 1. The van der Waals surface area contributed by atoms with Gasteiger partial charge >= 0.3 is 0 Å². The van der Waals surface area contributed by atoms with Gasteiger partial charge < -0.3 is 0 Å². The van der Waals surface area contributed by atoms with Crippen LogP contribution in [0.4, 0.5) is 0 Å². The zero-order chi connectivity index (χ0) is 23.4. The van der Waals surface area contributed by atoms with Gasteiger partial charge in [0.25, 0.3) is 0 Å². The molecule has 0 saturated heterocycles. The topological polar surface area (TPSA) is 51.2 Å². The standard InChI is InChI=1S/C28H21ClO3S/c1-20-7-17-26(18-8-20)33(31,32)27(19-21-9-15-25(29)16-10-21)28(30)24-13-11-23(12-14-24)22-5-3-2-4-6-22/h2-19H,1H3/b27-19-. The van der Waals surface area contributed by atoms with Crippen LogP contribution in [0.2, 0.25) is 5.02 Å². The lowest BCUT2D eigenvalue weighted by Crippen LogP contribution is -2.14. The number of sulfone groups is 1. The van der Waals surface area contributed by atoms with E-state index in [-0.39, 0.29) is 9.80 Å². The number of carbonyl (C=O) groups excluding carboxylic acids is 1. The Balaban J connectivity index is 1.78. The van der Waals surface area contributed by atoms with Gasteiger partial charge in [0.1, 0.15) is 4.91 Å². The maximum atomic E-state index is 13.5. The van der Waals surface area contributed by atoms with Crippen LogP contribution in [0, 0.1) is 6.92 Å². The van der Waals surface area contributed by atoms with Crippen LogP contribution in [-0.4, -0.2) is 14.2 Å². The normalized spacial score (nSPS) is 11.9. The molecule has 0 aliphatic carbocycles. The largest absolute Gasteiger partial charge is 0.288 e. The van der Waals surface area contributed by atoms with E-state index in [1.165, 1.54) is 18.2 Å². The van der Waals surface area contributed by atoms with Crippen molar-refractivity contribution < 1.29 is 13.2 Å². The molecular formula is C28H21ClO3S. The van der Waals surface area contributed by atoms with Gasteiger partial charge in [-0.1, -0.05) is 96.0 Å². The molecule has 0 saturated carbocycles. The lowest BCUT2D eigenvalue weighted by molar-refractivity contribution is 0.104. The fraction of sp³-hybridized carbons (Fsp3) is 0.0357. The highest BCUT2D eigenvalue weighted by molar-refractivity contribution is 7.96. The highest BCUT2D eigenvalue weighted by Crippen LogP contribution is 2.27. The number of ketones is 1. The first-order valence-electron chi connectivity index (χ1n) is 10.3. The summed E-state index contributed by atoms with van der Waals surface area (Å²) in [7, 11) is -4.06. The molecule has 4 aromatic carbocycles. The minimum absolute atomic E-state index is 0.0718. The van der Waals surface area contributed by atoms with E-state index in [1.54, 1.807) is 48.5 Å². The molecule has 0 spiro atoms. The van der Waals surface area contributed by atoms with Crippen molar-refractivity contribution in [3.63, 3.8) is 0 Å². The van der Waals surface area contributed by atoms with Crippen LogP contribution >= 0.6 is 11.6 Å². The summed E-state index contributed by atoms with van der Waals surface area (Å²) < 4.78 is 27.0. The third-order valence-electron chi connectivity index (χ3n) is 5.27. The molecule has 4 aromatic rings. The first kappa shape index (κ1) is 22.7. The second-order valence-corrected chi connectivity index (χ2v) is 10.0. The number of hydrogen-bond donors (Lipinski definition) is 0. The quantitative estimate of drug-likeness (QED) is 0.224. The number of hydrogen-bond acceptors (Lipinski definition) is 3. The molecular weight excluding hydrogens is 452 g/mol. The fourth-order valence-corrected chi connectivity index (χ4v) is 4.93. The third-order valence-corrected chi connectivity index (χ3v) is 7.29. The van der Waals surface area contributed by atoms with E-state index in [4.69, 9.17) is 11.6 Å². The van der Waals surface area contributed by atoms with E-state index < -0.39 is 15.6 Å². The second-order valence-electron chi connectivity index (χ2n) is 7.65. The molecule has 0 heterocycles. The Hall–Kier alpha value is -3.47. The number of halogens is 1. The minimum atomic E-state index is -4.06. The van der Waals surface area contributed by atoms with E-state index >= 15 is 0 Å². The summed E-state index contributed by atoms with van der Waals surface area (Å²) in [6, 6.07) is 29.9. The van der Waals surface area contributed by atoms with E-state index in [0.29, 0.717) is 16.1 Å². The summed E-state index contributed by atoms with van der Waals surface area (Å²) in [5.41, 5.74) is 3.75. The Kier molecular flexibility index (Phi) is 6.59. The predicted octanol–water partition coefficient (Wildman–Crippen LogP) is 7.01. The lowest BCUT2D eigenvalue weighted by atomic mass is 10.0. The summed E-state index contributed by atoms with van der Waals surface area (Å²) in [6.07, 6.45) is 1.40. The summed E-state index contributed by atoms with van der Waals surface area (Å²) in [6.45, 7) is 1.88. The third kappa shape index (κ3) is 5.14. The number of carbonyl (C=O) groups is 1. The molecule has 5 heteroatoms. The molecule has 0 atom stereocenters. The number of benzene rings is 4. The summed E-state index contributed by atoms with van der Waals surface area (Å²) in [4.78, 5) is 13.3. The van der Waals surface area contributed by atoms with Gasteiger partial charge in [0, 0.05) is 10.6 Å². The molecule has 33 heavy (non-hydrogen) atoms. The van der Waals surface area contributed by atoms with Crippen molar-refractivity contribution in [3.05, 3.63) is 130 Å². The van der Waals surface area contributed by atoms with Gasteiger partial charge in [0.2, 0.25) is 15.6 Å². The molecule has 0 fully saturated rings. The van der Waals surface area contributed by atoms with Crippen molar-refractivity contribution in [1.29, 1.82) is 0 Å². The molecule has 0 amide bonds. The van der Waals surface area contributed by atoms with Gasteiger partial charge in [0.15, 0.2) is 0 Å². The van der Waals surface area contributed by atoms with Gasteiger partial charge in [-0.3, -0.25) is 4.79 Å². The highest BCUT2D eigenvalue weighted by atomic mass is 35.5. The van der Waals surface area contributed by atoms with Gasteiger partial charge in [-0.25, -0.2) is 8.42 Å². The van der Waals surface area contributed by atoms with Crippen molar-refractivity contribution in [2.75, 3.05) is 0 Å². The number of rotatable bonds is 6. The van der Waals surface area contributed by atoms with Gasteiger partial charge in [-0.15, -0.1) is 0 Å². The van der Waals surface area contributed by atoms with Gasteiger partial charge in [-0.05, 0) is 54.0 Å². The lowest BCUT2D eigenvalue weighted by Gasteiger charge is -2.11. The Morgan fingerprint density at radius 1 is 0.727 bits per heavy atom. The fourth-order valence-electron chi connectivity index (χ4n) is 3.41. The predicted molar refractivity (Wildman–Crippen MR) is 134 cm³/mol. The molecule has 0 bridgehead atoms. The summed E-state index contributed by atoms with van der Waals surface area (Å²) >= 11 is 5.97. The maximum absolute atomic E-state index is 13.5. The summed E-state index contributed by atoms with van der Waals surface area (Å²) in [5.74, 6) is -0.565. The average Bonchev–Trinajstić information content (AvgIpc) is 2.84. The SMILES string of the molecule is Cc1ccc(S(=O)(=O)/C(=C\c2ccc(Cl)cc2)C(=O)c2ccc(-c3ccccc3)cc2)cc1. The van der Waals surface area contributed by atoms with Crippen LogP contribution in [-0.2, 0) is 9.84 Å². The van der Waals surface area contributed by atoms with E-state index in [0.717, 1.165) is 16.7 Å². The first-order valence-corrected chi connectivity index (χ1v) is 12.2.